The molecule has 3 rings (SSSR count). The van der Waals surface area contributed by atoms with Gasteiger partial charge in [-0.3, -0.25) is 9.69 Å². The predicted molar refractivity (Wildman–Crippen MR) is 98.1 cm³/mol. The van der Waals surface area contributed by atoms with Gasteiger partial charge in [0.05, 0.1) is 4.47 Å². The summed E-state index contributed by atoms with van der Waals surface area (Å²) in [5.41, 5.74) is 1.13. The van der Waals surface area contributed by atoms with Crippen LogP contribution in [-0.2, 0) is 13.6 Å². The molecule has 0 amide bonds. The molecule has 0 aromatic carbocycles. The first-order valence-electron chi connectivity index (χ1n) is 8.11. The van der Waals surface area contributed by atoms with Crippen molar-refractivity contribution in [2.24, 2.45) is 7.05 Å². The molecule has 1 aliphatic rings. The average molecular weight is 392 g/mol. The Balaban J connectivity index is 1.56. The number of aryl methyl sites for hydroxylation is 1. The van der Waals surface area contributed by atoms with Crippen LogP contribution in [-0.4, -0.2) is 45.6 Å². The quantitative estimate of drug-likeness (QED) is 0.797. The van der Waals surface area contributed by atoms with E-state index in [1.54, 1.807) is 30.1 Å². The average Bonchev–Trinajstić information content (AvgIpc) is 2.59. The van der Waals surface area contributed by atoms with E-state index in [0.717, 1.165) is 48.5 Å². The van der Waals surface area contributed by atoms with Crippen molar-refractivity contribution in [2.45, 2.75) is 25.4 Å². The number of anilines is 1. The van der Waals surface area contributed by atoms with E-state index in [-0.39, 0.29) is 5.56 Å². The van der Waals surface area contributed by atoms with E-state index in [0.29, 0.717) is 6.04 Å². The summed E-state index contributed by atoms with van der Waals surface area (Å²) in [6, 6.07) is 4.20. The molecule has 0 bridgehead atoms. The fraction of sp³-hybridized carbons (Fsp3) is 0.471. The lowest BCUT2D eigenvalue weighted by Gasteiger charge is -2.36. The maximum atomic E-state index is 11.7. The highest BCUT2D eigenvalue weighted by Gasteiger charge is 2.24. The van der Waals surface area contributed by atoms with Gasteiger partial charge in [0.2, 0.25) is 5.95 Å². The first kappa shape index (κ1) is 17.1. The lowest BCUT2D eigenvalue weighted by atomic mass is 10.0. The topological polar surface area (TPSA) is 54.3 Å². The molecule has 0 radical (unpaired) electrons. The summed E-state index contributed by atoms with van der Waals surface area (Å²) in [5, 5.41) is 0. The van der Waals surface area contributed by atoms with Gasteiger partial charge in [-0.2, -0.15) is 0 Å². The van der Waals surface area contributed by atoms with Gasteiger partial charge in [-0.25, -0.2) is 9.97 Å². The van der Waals surface area contributed by atoms with Crippen LogP contribution in [0.2, 0.25) is 0 Å². The normalized spacial score (nSPS) is 16.3. The predicted octanol–water partition coefficient (Wildman–Crippen LogP) is 2.04. The Kier molecular flexibility index (Phi) is 5.30. The number of likely N-dealkylation sites (tertiary alicyclic amines) is 1. The monoisotopic (exact) mass is 391 g/mol. The van der Waals surface area contributed by atoms with E-state index in [1.165, 1.54) is 0 Å². The highest BCUT2D eigenvalue weighted by atomic mass is 79.9. The third kappa shape index (κ3) is 4.02. The lowest BCUT2D eigenvalue weighted by Crippen LogP contribution is -2.43. The second-order valence-corrected chi connectivity index (χ2v) is 7.22. The molecule has 0 unspecified atom stereocenters. The number of piperidine rings is 1. The summed E-state index contributed by atoms with van der Waals surface area (Å²) in [6.45, 7) is 2.86. The summed E-state index contributed by atoms with van der Waals surface area (Å²) in [6.07, 6.45) is 7.54. The Hall–Kier alpha value is -1.73. The fourth-order valence-electron chi connectivity index (χ4n) is 3.06. The van der Waals surface area contributed by atoms with Crippen LogP contribution in [0.4, 0.5) is 5.95 Å². The van der Waals surface area contributed by atoms with E-state index in [9.17, 15) is 4.79 Å². The van der Waals surface area contributed by atoms with Crippen molar-refractivity contribution in [2.75, 3.05) is 25.0 Å². The molecule has 7 heteroatoms. The smallest absolute Gasteiger partial charge is 0.250 e. The minimum Gasteiger partial charge on any atom is -0.341 e. The molecule has 1 aliphatic heterocycles. The van der Waals surface area contributed by atoms with Gasteiger partial charge >= 0.3 is 0 Å². The lowest BCUT2D eigenvalue weighted by molar-refractivity contribution is 0.202. The minimum absolute atomic E-state index is 0.0505. The summed E-state index contributed by atoms with van der Waals surface area (Å²) in [5.74, 6) is 0.767. The van der Waals surface area contributed by atoms with Gasteiger partial charge in [-0.1, -0.05) is 0 Å². The molecule has 0 N–H and O–H groups in total. The highest BCUT2D eigenvalue weighted by Crippen LogP contribution is 2.20. The van der Waals surface area contributed by atoms with E-state index in [4.69, 9.17) is 0 Å². The zero-order valence-corrected chi connectivity index (χ0v) is 15.6. The first-order chi connectivity index (χ1) is 11.5. The second-order valence-electron chi connectivity index (χ2n) is 6.30. The van der Waals surface area contributed by atoms with Crippen molar-refractivity contribution in [3.8, 4) is 0 Å². The molecule has 3 heterocycles. The van der Waals surface area contributed by atoms with Crippen LogP contribution in [0.25, 0.3) is 0 Å². The van der Waals surface area contributed by atoms with Gasteiger partial charge in [0.1, 0.15) is 0 Å². The van der Waals surface area contributed by atoms with Gasteiger partial charge in [0.25, 0.3) is 5.56 Å². The third-order valence-corrected chi connectivity index (χ3v) is 5.01. The second kappa shape index (κ2) is 7.44. The van der Waals surface area contributed by atoms with Crippen LogP contribution in [0.15, 0.2) is 40.0 Å². The Morgan fingerprint density at radius 1 is 1.29 bits per heavy atom. The third-order valence-electron chi connectivity index (χ3n) is 4.60. The fourth-order valence-corrected chi connectivity index (χ4v) is 3.27. The van der Waals surface area contributed by atoms with Crippen molar-refractivity contribution in [1.82, 2.24) is 19.4 Å². The SMILES string of the molecule is CN(c1ncc(Br)cn1)C1CCN(Cc2ccn(C)c(=O)c2)CC1. The van der Waals surface area contributed by atoms with E-state index < -0.39 is 0 Å². The molecule has 2 aromatic rings. The number of aromatic nitrogens is 3. The van der Waals surface area contributed by atoms with E-state index in [2.05, 4.69) is 42.7 Å². The molecule has 0 aliphatic carbocycles. The van der Waals surface area contributed by atoms with Gasteiger partial charge < -0.3 is 9.47 Å². The zero-order chi connectivity index (χ0) is 17.1. The minimum atomic E-state index is 0.0505. The molecule has 1 fully saturated rings. The van der Waals surface area contributed by atoms with Gasteiger partial charge in [-0.15, -0.1) is 0 Å². The number of hydrogen-bond donors (Lipinski definition) is 0. The molecule has 0 saturated carbocycles. The van der Waals surface area contributed by atoms with E-state index in [1.807, 2.05) is 12.3 Å². The summed E-state index contributed by atoms with van der Waals surface area (Å²) < 4.78 is 2.49. The molecular weight excluding hydrogens is 370 g/mol. The number of nitrogens with zero attached hydrogens (tertiary/aromatic N) is 5. The number of rotatable bonds is 4. The van der Waals surface area contributed by atoms with Crippen LogP contribution in [0.3, 0.4) is 0 Å². The highest BCUT2D eigenvalue weighted by molar-refractivity contribution is 9.10. The van der Waals surface area contributed by atoms with Crippen molar-refractivity contribution >= 4 is 21.9 Å². The van der Waals surface area contributed by atoms with Gasteiger partial charge in [-0.05, 0) is 40.4 Å². The molecule has 24 heavy (non-hydrogen) atoms. The zero-order valence-electron chi connectivity index (χ0n) is 14.0. The maximum absolute atomic E-state index is 11.7. The van der Waals surface area contributed by atoms with Crippen molar-refractivity contribution in [3.63, 3.8) is 0 Å². The van der Waals surface area contributed by atoms with Crippen LogP contribution < -0.4 is 10.5 Å². The van der Waals surface area contributed by atoms with Crippen LogP contribution in [0.1, 0.15) is 18.4 Å². The Labute approximate surface area is 150 Å². The Morgan fingerprint density at radius 3 is 2.58 bits per heavy atom. The van der Waals surface area contributed by atoms with Crippen LogP contribution >= 0.6 is 15.9 Å². The Bertz CT molecular complexity index is 737. The van der Waals surface area contributed by atoms with Gasteiger partial charge in [0, 0.05) is 64.4 Å². The Morgan fingerprint density at radius 2 is 1.96 bits per heavy atom. The molecule has 128 valence electrons. The van der Waals surface area contributed by atoms with E-state index >= 15 is 0 Å². The van der Waals surface area contributed by atoms with Crippen LogP contribution in [0, 0.1) is 0 Å². The molecule has 6 nitrogen and oxygen atoms in total. The number of halogens is 1. The summed E-state index contributed by atoms with van der Waals surface area (Å²) in [7, 11) is 3.84. The summed E-state index contributed by atoms with van der Waals surface area (Å²) >= 11 is 3.37. The molecule has 2 aromatic heterocycles. The van der Waals surface area contributed by atoms with Crippen molar-refractivity contribution in [3.05, 3.63) is 51.1 Å². The summed E-state index contributed by atoms with van der Waals surface area (Å²) in [4.78, 5) is 25.0. The largest absolute Gasteiger partial charge is 0.341 e. The van der Waals surface area contributed by atoms with Crippen molar-refractivity contribution in [1.29, 1.82) is 0 Å². The maximum Gasteiger partial charge on any atom is 0.250 e. The van der Waals surface area contributed by atoms with Crippen LogP contribution in [0.5, 0.6) is 0 Å². The number of hydrogen-bond acceptors (Lipinski definition) is 5. The molecule has 1 saturated heterocycles. The molecular formula is C17H22BrN5O. The molecule has 0 spiro atoms. The number of pyridine rings is 1. The standard InChI is InChI=1S/C17H22BrN5O/c1-21-6-3-13(9-16(21)24)12-23-7-4-15(5-8-23)22(2)17-19-10-14(18)11-20-17/h3,6,9-11,15H,4-5,7-8,12H2,1-2H3. The first-order valence-corrected chi connectivity index (χ1v) is 8.90. The molecule has 0 atom stereocenters. The van der Waals surface area contributed by atoms with Gasteiger partial charge in [0.15, 0.2) is 0 Å². The van der Waals surface area contributed by atoms with Crippen molar-refractivity contribution < 1.29 is 0 Å².